The zero-order valence-electron chi connectivity index (χ0n) is 10.1. The van der Waals surface area contributed by atoms with E-state index in [4.69, 9.17) is 10.8 Å². The number of carboxylic acid groups (broad SMARTS) is 1. The summed E-state index contributed by atoms with van der Waals surface area (Å²) in [5.74, 6) is -0.230. The summed E-state index contributed by atoms with van der Waals surface area (Å²) in [6.45, 7) is 1.03. The van der Waals surface area contributed by atoms with Crippen LogP contribution >= 0.6 is 11.8 Å². The third kappa shape index (κ3) is 4.20. The van der Waals surface area contributed by atoms with Crippen LogP contribution in [0.15, 0.2) is 0 Å². The van der Waals surface area contributed by atoms with Gasteiger partial charge in [-0.2, -0.15) is 11.8 Å². The lowest BCUT2D eigenvalue weighted by molar-refractivity contribution is -0.146. The molecule has 0 bridgehead atoms. The molecule has 1 aliphatic heterocycles. The Morgan fingerprint density at radius 2 is 2.06 bits per heavy atom. The van der Waals surface area contributed by atoms with Gasteiger partial charge in [0.15, 0.2) is 0 Å². The first-order valence-corrected chi connectivity index (χ1v) is 7.21. The molecule has 0 saturated carbocycles. The van der Waals surface area contributed by atoms with Crippen LogP contribution in [0.1, 0.15) is 19.3 Å². The SMILES string of the molecule is CSCC[C@H](N)C(=O)N1CCC(C(=O)O)CC1. The normalized spacial score (nSPS) is 19.1. The fourth-order valence-electron chi connectivity index (χ4n) is 1.95. The molecule has 0 aliphatic carbocycles. The molecule has 1 atom stereocenters. The summed E-state index contributed by atoms with van der Waals surface area (Å²) in [5, 5.41) is 8.86. The Labute approximate surface area is 106 Å². The number of nitrogens with two attached hydrogens (primary N) is 1. The van der Waals surface area contributed by atoms with Crippen LogP contribution < -0.4 is 5.73 Å². The first kappa shape index (κ1) is 14.3. The van der Waals surface area contributed by atoms with E-state index in [0.717, 1.165) is 5.75 Å². The number of carbonyl (C=O) groups is 2. The average molecular weight is 260 g/mol. The third-order valence-electron chi connectivity index (χ3n) is 3.11. The first-order chi connectivity index (χ1) is 8.06. The van der Waals surface area contributed by atoms with Gasteiger partial charge in [-0.15, -0.1) is 0 Å². The molecule has 0 radical (unpaired) electrons. The van der Waals surface area contributed by atoms with Gasteiger partial charge in [-0.1, -0.05) is 0 Å². The minimum Gasteiger partial charge on any atom is -0.481 e. The first-order valence-electron chi connectivity index (χ1n) is 5.82. The standard InChI is InChI=1S/C11H20N2O3S/c1-17-7-4-9(12)10(14)13-5-2-8(3-6-13)11(15)16/h8-9H,2-7,12H2,1H3,(H,15,16)/t9-/m0/s1. The van der Waals surface area contributed by atoms with Crippen LogP contribution in [0.25, 0.3) is 0 Å². The fraction of sp³-hybridized carbons (Fsp3) is 0.818. The highest BCUT2D eigenvalue weighted by molar-refractivity contribution is 7.98. The van der Waals surface area contributed by atoms with Crippen LogP contribution in [0, 0.1) is 5.92 Å². The lowest BCUT2D eigenvalue weighted by Crippen LogP contribution is -2.48. The van der Waals surface area contributed by atoms with Crippen LogP contribution in [0.2, 0.25) is 0 Å². The fourth-order valence-corrected chi connectivity index (χ4v) is 2.44. The van der Waals surface area contributed by atoms with Gasteiger partial charge in [-0.25, -0.2) is 0 Å². The number of hydrogen-bond acceptors (Lipinski definition) is 4. The van der Waals surface area contributed by atoms with Gasteiger partial charge in [-0.3, -0.25) is 9.59 Å². The van der Waals surface area contributed by atoms with Gasteiger partial charge in [0, 0.05) is 13.1 Å². The summed E-state index contributed by atoms with van der Waals surface area (Å²) in [5.41, 5.74) is 5.81. The molecule has 98 valence electrons. The number of carboxylic acids is 1. The van der Waals surface area contributed by atoms with Gasteiger partial charge in [-0.05, 0) is 31.3 Å². The number of amides is 1. The highest BCUT2D eigenvalue weighted by Crippen LogP contribution is 2.18. The number of thioether (sulfide) groups is 1. The molecule has 1 fully saturated rings. The third-order valence-corrected chi connectivity index (χ3v) is 3.75. The van der Waals surface area contributed by atoms with Crippen molar-refractivity contribution >= 4 is 23.6 Å². The van der Waals surface area contributed by atoms with E-state index in [0.29, 0.717) is 32.4 Å². The number of carbonyl (C=O) groups excluding carboxylic acids is 1. The molecule has 0 aromatic heterocycles. The molecule has 0 aromatic rings. The zero-order chi connectivity index (χ0) is 12.8. The van der Waals surface area contributed by atoms with Crippen LogP contribution in [0.5, 0.6) is 0 Å². The zero-order valence-corrected chi connectivity index (χ0v) is 10.9. The van der Waals surface area contributed by atoms with Crippen molar-refractivity contribution in [3.05, 3.63) is 0 Å². The predicted octanol–water partition coefficient (Wildman–Crippen LogP) is 0.390. The second-order valence-electron chi connectivity index (χ2n) is 4.33. The van der Waals surface area contributed by atoms with Crippen molar-refractivity contribution in [2.45, 2.75) is 25.3 Å². The molecule has 1 aliphatic rings. The van der Waals surface area contributed by atoms with E-state index in [1.807, 2.05) is 6.26 Å². The Morgan fingerprint density at radius 3 is 2.53 bits per heavy atom. The minimum atomic E-state index is -0.760. The van der Waals surface area contributed by atoms with Gasteiger partial charge in [0.2, 0.25) is 5.91 Å². The molecule has 1 saturated heterocycles. The quantitative estimate of drug-likeness (QED) is 0.747. The van der Waals surface area contributed by atoms with Gasteiger partial charge >= 0.3 is 5.97 Å². The highest BCUT2D eigenvalue weighted by atomic mass is 32.2. The average Bonchev–Trinajstić information content (AvgIpc) is 2.35. The Morgan fingerprint density at radius 1 is 1.47 bits per heavy atom. The molecule has 1 rings (SSSR count). The maximum absolute atomic E-state index is 11.9. The molecule has 17 heavy (non-hydrogen) atoms. The van der Waals surface area contributed by atoms with Crippen LogP contribution in [0.4, 0.5) is 0 Å². The maximum Gasteiger partial charge on any atom is 0.306 e. The number of likely N-dealkylation sites (tertiary alicyclic amines) is 1. The highest BCUT2D eigenvalue weighted by Gasteiger charge is 2.28. The van der Waals surface area contributed by atoms with Crippen LogP contribution in [0.3, 0.4) is 0 Å². The summed E-state index contributed by atoms with van der Waals surface area (Å²) in [6.07, 6.45) is 3.74. The molecule has 0 unspecified atom stereocenters. The predicted molar refractivity (Wildman–Crippen MR) is 67.9 cm³/mol. The van der Waals surface area contributed by atoms with E-state index in [2.05, 4.69) is 0 Å². The summed E-state index contributed by atoms with van der Waals surface area (Å²) in [7, 11) is 0. The Kier molecular flexibility index (Phi) is 5.77. The van der Waals surface area contributed by atoms with E-state index in [1.165, 1.54) is 0 Å². The Balaban J connectivity index is 2.37. The molecule has 1 amide bonds. The van der Waals surface area contributed by atoms with Gasteiger partial charge in [0.25, 0.3) is 0 Å². The van der Waals surface area contributed by atoms with Crippen LogP contribution in [-0.4, -0.2) is 53.0 Å². The summed E-state index contributed by atoms with van der Waals surface area (Å²) < 4.78 is 0. The van der Waals surface area contributed by atoms with Crippen molar-refractivity contribution in [3.63, 3.8) is 0 Å². The van der Waals surface area contributed by atoms with Crippen molar-refractivity contribution in [1.29, 1.82) is 0 Å². The van der Waals surface area contributed by atoms with Gasteiger partial charge < -0.3 is 15.7 Å². The Hall–Kier alpha value is -0.750. The number of hydrogen-bond donors (Lipinski definition) is 2. The van der Waals surface area contributed by atoms with E-state index < -0.39 is 12.0 Å². The minimum absolute atomic E-state index is 0.0390. The van der Waals surface area contributed by atoms with Gasteiger partial charge in [0.1, 0.15) is 0 Å². The molecular formula is C11H20N2O3S. The summed E-state index contributed by atoms with van der Waals surface area (Å²) >= 11 is 1.67. The molecule has 0 aromatic carbocycles. The number of rotatable bonds is 5. The topological polar surface area (TPSA) is 83.6 Å². The molecule has 5 nitrogen and oxygen atoms in total. The van der Waals surface area contributed by atoms with Gasteiger partial charge in [0.05, 0.1) is 12.0 Å². The lowest BCUT2D eigenvalue weighted by Gasteiger charge is -2.31. The van der Waals surface area contributed by atoms with Crippen molar-refractivity contribution in [1.82, 2.24) is 4.90 Å². The van der Waals surface area contributed by atoms with Crippen molar-refractivity contribution in [3.8, 4) is 0 Å². The molecule has 3 N–H and O–H groups in total. The molecular weight excluding hydrogens is 240 g/mol. The largest absolute Gasteiger partial charge is 0.481 e. The Bertz CT molecular complexity index is 278. The maximum atomic E-state index is 11.9. The molecule has 0 spiro atoms. The monoisotopic (exact) mass is 260 g/mol. The smallest absolute Gasteiger partial charge is 0.306 e. The second-order valence-corrected chi connectivity index (χ2v) is 5.31. The van der Waals surface area contributed by atoms with E-state index >= 15 is 0 Å². The summed E-state index contributed by atoms with van der Waals surface area (Å²) in [6, 6.07) is -0.441. The number of aliphatic carboxylic acids is 1. The van der Waals surface area contributed by atoms with Crippen molar-refractivity contribution in [2.24, 2.45) is 11.7 Å². The number of piperidine rings is 1. The van der Waals surface area contributed by atoms with E-state index in [-0.39, 0.29) is 11.8 Å². The molecule has 6 heteroatoms. The lowest BCUT2D eigenvalue weighted by atomic mass is 9.96. The van der Waals surface area contributed by atoms with Crippen LogP contribution in [-0.2, 0) is 9.59 Å². The second kappa shape index (κ2) is 6.86. The summed E-state index contributed by atoms with van der Waals surface area (Å²) in [4.78, 5) is 24.4. The van der Waals surface area contributed by atoms with Crippen molar-refractivity contribution < 1.29 is 14.7 Å². The molecule has 1 heterocycles. The number of nitrogens with zero attached hydrogens (tertiary/aromatic N) is 1. The van der Waals surface area contributed by atoms with Crippen molar-refractivity contribution in [2.75, 3.05) is 25.1 Å². The van der Waals surface area contributed by atoms with E-state index in [1.54, 1.807) is 16.7 Å². The van der Waals surface area contributed by atoms with E-state index in [9.17, 15) is 9.59 Å².